The number of amides is 1. The van der Waals surface area contributed by atoms with Gasteiger partial charge in [0, 0.05) is 35.0 Å². The highest BCUT2D eigenvalue weighted by atomic mass is 16.5. The van der Waals surface area contributed by atoms with Gasteiger partial charge in [0.1, 0.15) is 11.4 Å². The fraction of sp³-hybridized carbons (Fsp3) is 0.280. The molecule has 1 fully saturated rings. The molecular weight excluding hydrogens is 390 g/mol. The van der Waals surface area contributed by atoms with Crippen LogP contribution in [0.25, 0.3) is 33.1 Å². The number of hydrogen-bond donors (Lipinski definition) is 2. The summed E-state index contributed by atoms with van der Waals surface area (Å²) in [5.74, 6) is 0.548. The Morgan fingerprint density at radius 3 is 2.87 bits per heavy atom. The maximum Gasteiger partial charge on any atom is 0.270 e. The molecule has 0 radical (unpaired) electrons. The second kappa shape index (κ2) is 8.40. The van der Waals surface area contributed by atoms with Crippen molar-refractivity contribution in [3.8, 4) is 17.0 Å². The Bertz CT molecular complexity index is 1240. The zero-order valence-corrected chi connectivity index (χ0v) is 17.5. The van der Waals surface area contributed by atoms with Crippen LogP contribution in [0.2, 0.25) is 0 Å². The highest BCUT2D eigenvalue weighted by Gasteiger charge is 2.21. The molecule has 1 aliphatic rings. The highest BCUT2D eigenvalue weighted by Crippen LogP contribution is 2.36. The molecule has 6 heteroatoms. The van der Waals surface area contributed by atoms with Crippen LogP contribution in [0.5, 0.6) is 5.75 Å². The first-order valence-corrected chi connectivity index (χ1v) is 10.8. The molecule has 2 N–H and O–H groups in total. The number of fused-ring (bicyclic) bond motifs is 3. The van der Waals surface area contributed by atoms with Crippen LogP contribution in [-0.4, -0.2) is 41.7 Å². The van der Waals surface area contributed by atoms with Gasteiger partial charge in [-0.25, -0.2) is 4.98 Å². The monoisotopic (exact) mass is 415 g/mol. The topological polar surface area (TPSA) is 76.2 Å². The van der Waals surface area contributed by atoms with E-state index in [1.807, 2.05) is 55.5 Å². The van der Waals surface area contributed by atoms with Crippen molar-refractivity contribution in [3.63, 3.8) is 0 Å². The van der Waals surface area contributed by atoms with E-state index in [9.17, 15) is 4.79 Å². The quantitative estimate of drug-likeness (QED) is 0.479. The highest BCUT2D eigenvalue weighted by molar-refractivity contribution is 6.13. The van der Waals surface area contributed by atoms with Crippen molar-refractivity contribution in [2.45, 2.75) is 25.9 Å². The summed E-state index contributed by atoms with van der Waals surface area (Å²) in [5.41, 5.74) is 3.85. The van der Waals surface area contributed by atoms with Gasteiger partial charge in [0.05, 0.1) is 23.9 Å². The number of benzene rings is 2. The predicted octanol–water partition coefficient (Wildman–Crippen LogP) is 4.69. The maximum absolute atomic E-state index is 13.0. The maximum atomic E-state index is 13.0. The summed E-state index contributed by atoms with van der Waals surface area (Å²) in [7, 11) is 0. The first-order chi connectivity index (χ1) is 15.2. The van der Waals surface area contributed by atoms with E-state index in [0.29, 0.717) is 24.5 Å². The fourth-order valence-corrected chi connectivity index (χ4v) is 4.20. The number of nitrogens with zero attached hydrogens (tertiary/aromatic N) is 1. The average Bonchev–Trinajstić information content (AvgIpc) is 3.45. The van der Waals surface area contributed by atoms with E-state index in [2.05, 4.69) is 16.4 Å². The van der Waals surface area contributed by atoms with Crippen molar-refractivity contribution < 1.29 is 14.3 Å². The van der Waals surface area contributed by atoms with Crippen molar-refractivity contribution in [2.24, 2.45) is 0 Å². The SMILES string of the molecule is CCOc1ccccc1-c1nc(C(=O)NCC2CCCO2)cc2c1[nH]c1ccccc12. The molecule has 2 aromatic carbocycles. The van der Waals surface area contributed by atoms with Crippen molar-refractivity contribution in [1.82, 2.24) is 15.3 Å². The molecule has 5 rings (SSSR count). The number of carbonyl (C=O) groups is 1. The van der Waals surface area contributed by atoms with Gasteiger partial charge in [-0.3, -0.25) is 4.79 Å². The number of pyridine rings is 1. The lowest BCUT2D eigenvalue weighted by atomic mass is 10.1. The lowest BCUT2D eigenvalue weighted by Gasteiger charge is -2.13. The van der Waals surface area contributed by atoms with Gasteiger partial charge in [-0.1, -0.05) is 30.3 Å². The van der Waals surface area contributed by atoms with E-state index in [0.717, 1.165) is 52.6 Å². The molecule has 0 saturated carbocycles. The van der Waals surface area contributed by atoms with Crippen LogP contribution in [0.1, 0.15) is 30.3 Å². The zero-order valence-electron chi connectivity index (χ0n) is 17.5. The van der Waals surface area contributed by atoms with E-state index in [1.54, 1.807) is 0 Å². The summed E-state index contributed by atoms with van der Waals surface area (Å²) in [5, 5.41) is 5.02. The van der Waals surface area contributed by atoms with E-state index >= 15 is 0 Å². The Morgan fingerprint density at radius 2 is 2.03 bits per heavy atom. The summed E-state index contributed by atoms with van der Waals surface area (Å²) in [6.07, 6.45) is 2.10. The van der Waals surface area contributed by atoms with Crippen LogP contribution in [0.4, 0.5) is 0 Å². The Labute approximate surface area is 180 Å². The van der Waals surface area contributed by atoms with Crippen molar-refractivity contribution in [1.29, 1.82) is 0 Å². The summed E-state index contributed by atoms with van der Waals surface area (Å²) in [6.45, 7) is 3.77. The minimum atomic E-state index is -0.196. The number of ether oxygens (including phenoxy) is 2. The Morgan fingerprint density at radius 1 is 1.19 bits per heavy atom. The van der Waals surface area contributed by atoms with E-state index in [4.69, 9.17) is 14.5 Å². The van der Waals surface area contributed by atoms with Crippen LogP contribution in [-0.2, 0) is 4.74 Å². The Kier molecular flexibility index (Phi) is 5.30. The first kappa shape index (κ1) is 19.6. The first-order valence-electron chi connectivity index (χ1n) is 10.8. The number of aromatic amines is 1. The van der Waals surface area contributed by atoms with E-state index in [-0.39, 0.29) is 12.0 Å². The number of aromatic nitrogens is 2. The minimum absolute atomic E-state index is 0.0823. The van der Waals surface area contributed by atoms with E-state index < -0.39 is 0 Å². The van der Waals surface area contributed by atoms with Crippen LogP contribution < -0.4 is 10.1 Å². The van der Waals surface area contributed by atoms with Gasteiger partial charge >= 0.3 is 0 Å². The molecule has 6 nitrogen and oxygen atoms in total. The molecule has 1 atom stereocenters. The summed E-state index contributed by atoms with van der Waals surface area (Å²) in [4.78, 5) is 21.3. The van der Waals surface area contributed by atoms with Crippen molar-refractivity contribution in [2.75, 3.05) is 19.8 Å². The summed E-state index contributed by atoms with van der Waals surface area (Å²) < 4.78 is 11.5. The van der Waals surface area contributed by atoms with Gasteiger partial charge in [-0.2, -0.15) is 0 Å². The molecule has 1 amide bonds. The number of hydrogen-bond acceptors (Lipinski definition) is 4. The number of rotatable bonds is 6. The average molecular weight is 415 g/mol. The summed E-state index contributed by atoms with van der Waals surface area (Å²) >= 11 is 0. The molecule has 4 aromatic rings. The molecule has 158 valence electrons. The van der Waals surface area contributed by atoms with Gasteiger partial charge < -0.3 is 19.8 Å². The lowest BCUT2D eigenvalue weighted by molar-refractivity contribution is 0.0854. The van der Waals surface area contributed by atoms with Crippen LogP contribution in [0.3, 0.4) is 0 Å². The van der Waals surface area contributed by atoms with Crippen LogP contribution in [0.15, 0.2) is 54.6 Å². The lowest BCUT2D eigenvalue weighted by Crippen LogP contribution is -2.32. The third-order valence-electron chi connectivity index (χ3n) is 5.69. The molecular formula is C25H25N3O3. The largest absolute Gasteiger partial charge is 0.493 e. The third-order valence-corrected chi connectivity index (χ3v) is 5.69. The van der Waals surface area contributed by atoms with Crippen molar-refractivity contribution in [3.05, 3.63) is 60.3 Å². The van der Waals surface area contributed by atoms with Gasteiger partial charge in [-0.15, -0.1) is 0 Å². The third kappa shape index (κ3) is 3.75. The van der Waals surface area contributed by atoms with Crippen LogP contribution in [0, 0.1) is 0 Å². The van der Waals surface area contributed by atoms with Gasteiger partial charge in [0.25, 0.3) is 5.91 Å². The molecule has 0 bridgehead atoms. The number of para-hydroxylation sites is 2. The molecule has 31 heavy (non-hydrogen) atoms. The van der Waals surface area contributed by atoms with Crippen molar-refractivity contribution >= 4 is 27.7 Å². The Hall–Kier alpha value is -3.38. The molecule has 2 aromatic heterocycles. The fourth-order valence-electron chi connectivity index (χ4n) is 4.20. The number of nitrogens with one attached hydrogen (secondary N) is 2. The second-order valence-electron chi connectivity index (χ2n) is 7.72. The minimum Gasteiger partial charge on any atom is -0.493 e. The van der Waals surface area contributed by atoms with E-state index in [1.165, 1.54) is 0 Å². The normalized spacial score (nSPS) is 16.1. The molecule has 1 aliphatic heterocycles. The summed E-state index contributed by atoms with van der Waals surface area (Å²) in [6, 6.07) is 17.8. The molecule has 1 saturated heterocycles. The van der Waals surface area contributed by atoms with Gasteiger partial charge in [0.15, 0.2) is 0 Å². The smallest absolute Gasteiger partial charge is 0.270 e. The standard InChI is InChI=1S/C25H25N3O3/c1-2-30-22-12-6-4-10-18(22)23-24-19(17-9-3-5-11-20(17)27-24)14-21(28-23)25(29)26-15-16-8-7-13-31-16/h3-6,9-12,14,16,27H,2,7-8,13,15H2,1H3,(H,26,29). The predicted molar refractivity (Wildman–Crippen MR) is 122 cm³/mol. The van der Waals surface area contributed by atoms with Gasteiger partial charge in [0.2, 0.25) is 0 Å². The number of H-pyrrole nitrogens is 1. The zero-order chi connectivity index (χ0) is 21.2. The molecule has 0 aliphatic carbocycles. The number of carbonyl (C=O) groups excluding carboxylic acids is 1. The van der Waals surface area contributed by atoms with Crippen LogP contribution >= 0.6 is 0 Å². The molecule has 1 unspecified atom stereocenters. The molecule has 3 heterocycles. The molecule has 0 spiro atoms. The Balaban J connectivity index is 1.63. The second-order valence-corrected chi connectivity index (χ2v) is 7.72. The van der Waals surface area contributed by atoms with Gasteiger partial charge in [-0.05, 0) is 44.0 Å².